The van der Waals surface area contributed by atoms with Gasteiger partial charge in [0.2, 0.25) is 5.82 Å². The quantitative estimate of drug-likeness (QED) is 0.0996. The Bertz CT molecular complexity index is 3870. The molecule has 422 valence electrons. The zero-order valence-electron chi connectivity index (χ0n) is 46.0. The Balaban J connectivity index is 0.000000192. The van der Waals surface area contributed by atoms with Gasteiger partial charge in [-0.05, 0) is 109 Å². The maximum Gasteiger partial charge on any atom is 0.276 e. The number of aryl methyl sites for hydroxylation is 4. The average molecular weight is 1130 g/mol. The fraction of sp³-hybridized carbons (Fsp3) is 0.186. The average Bonchev–Trinajstić information content (AvgIpc) is 4.16. The van der Waals surface area contributed by atoms with Crippen LogP contribution in [0.5, 0.6) is 0 Å². The van der Waals surface area contributed by atoms with Gasteiger partial charge in [0, 0.05) is 69.4 Å². The topological polar surface area (TPSA) is 210 Å². The molecule has 23 heteroatoms. The van der Waals surface area contributed by atoms with Crippen molar-refractivity contribution in [2.24, 2.45) is 0 Å². The van der Waals surface area contributed by atoms with Gasteiger partial charge >= 0.3 is 0 Å². The summed E-state index contributed by atoms with van der Waals surface area (Å²) in [6, 6.07) is 16.5. The Morgan fingerprint density at radius 3 is 1.60 bits per heavy atom. The van der Waals surface area contributed by atoms with Crippen molar-refractivity contribution in [3.63, 3.8) is 0 Å². The molecule has 0 saturated heterocycles. The molecule has 0 radical (unpaired) electrons. The summed E-state index contributed by atoms with van der Waals surface area (Å²) in [7, 11) is 1.45. The van der Waals surface area contributed by atoms with Gasteiger partial charge in [-0.3, -0.25) is 15.0 Å². The number of nitrogens with zero attached hydrogens (tertiary/aromatic N) is 12. The SMILES string of the molecule is C=C(C)F.C=C(OC)c1cc(-c2cncc(F)c2)c(F)c(C)n1.CC.Cc1cccc(-c2nnc(-c3cc(-c4cncc(F)c4)c(F)c(C)n3)o2)n1.Cc1nc(-c2noc(-c3ccc(F)cn3)n2)cc(-c2cncc(C(C)(C)O)c2)c1F. The standard InChI is InChI=1S/C21H17F2N5O2.C19H13F2N5O.C14H12F2N2O.C3H5F.C2H6/c1-11-18(23)15(12-6-13(9-24-8-12)21(2,3)29)7-17(26-11)19-27-20(30-28-19)16-5-4-14(22)10-25-16;1-10-4-3-5-15(23-10)18-25-26-19(27-18)16-7-14(17(21)11(2)24-16)12-6-13(20)9-22-8-12;1-8-14(16)12(5-13(18-8)9(2)19-3)10-4-11(15)7-17-6-10;1-3(2)4;1-2/h4-10,29H,1-3H3;3-9H,1-2H3;4-7H,2H2,1,3H3;1H2,2H3;1-2H3. The van der Waals surface area contributed by atoms with Gasteiger partial charge in [0.25, 0.3) is 17.7 Å². The molecule has 0 aromatic carbocycles. The van der Waals surface area contributed by atoms with Crippen LogP contribution < -0.4 is 0 Å². The number of allylic oxidation sites excluding steroid dienone is 1. The summed E-state index contributed by atoms with van der Waals surface area (Å²) in [4.78, 5) is 36.5. The van der Waals surface area contributed by atoms with E-state index >= 15 is 0 Å². The monoisotopic (exact) mass is 1130 g/mol. The molecule has 0 spiro atoms. The molecule has 0 amide bonds. The van der Waals surface area contributed by atoms with Gasteiger partial charge in [0.15, 0.2) is 17.5 Å². The first-order valence-electron chi connectivity index (χ1n) is 24.7. The van der Waals surface area contributed by atoms with Gasteiger partial charge in [0.1, 0.15) is 51.7 Å². The van der Waals surface area contributed by atoms with Gasteiger partial charge in [-0.2, -0.15) is 4.98 Å². The van der Waals surface area contributed by atoms with Crippen LogP contribution in [0, 0.1) is 62.6 Å². The number of pyridine rings is 8. The second-order valence-corrected chi connectivity index (χ2v) is 17.8. The number of aromatic nitrogens is 12. The second kappa shape index (κ2) is 27.4. The predicted octanol–water partition coefficient (Wildman–Crippen LogP) is 14.1. The highest BCUT2D eigenvalue weighted by Gasteiger charge is 2.23. The molecule has 16 nitrogen and oxygen atoms in total. The van der Waals surface area contributed by atoms with Gasteiger partial charge < -0.3 is 18.8 Å². The van der Waals surface area contributed by atoms with Crippen molar-refractivity contribution < 1.29 is 49.5 Å². The van der Waals surface area contributed by atoms with E-state index in [1.54, 1.807) is 26.0 Å². The van der Waals surface area contributed by atoms with E-state index in [1.807, 2.05) is 32.9 Å². The Kier molecular flexibility index (Phi) is 20.5. The molecule has 10 rings (SSSR count). The van der Waals surface area contributed by atoms with E-state index in [2.05, 4.69) is 73.4 Å². The Morgan fingerprint density at radius 1 is 0.561 bits per heavy atom. The van der Waals surface area contributed by atoms with Crippen molar-refractivity contribution in [2.45, 2.75) is 67.9 Å². The van der Waals surface area contributed by atoms with Gasteiger partial charge in [-0.1, -0.05) is 38.2 Å². The minimum absolute atomic E-state index is 0.0843. The minimum Gasteiger partial charge on any atom is -0.495 e. The molecule has 0 aliphatic carbocycles. The molecule has 82 heavy (non-hydrogen) atoms. The van der Waals surface area contributed by atoms with Gasteiger partial charge in [-0.15, -0.1) is 10.2 Å². The molecule has 10 aromatic rings. The molecule has 0 fully saturated rings. The first-order valence-corrected chi connectivity index (χ1v) is 24.7. The summed E-state index contributed by atoms with van der Waals surface area (Å²) in [6.45, 7) is 21.5. The molecule has 0 saturated carbocycles. The van der Waals surface area contributed by atoms with Crippen LogP contribution in [0.15, 0.2) is 138 Å². The second-order valence-electron chi connectivity index (χ2n) is 17.8. The lowest BCUT2D eigenvalue weighted by Crippen LogP contribution is -2.15. The van der Waals surface area contributed by atoms with E-state index in [-0.39, 0.29) is 74.5 Å². The first-order chi connectivity index (χ1) is 39.0. The summed E-state index contributed by atoms with van der Waals surface area (Å²) in [5.41, 5.74) is 4.19. The number of aliphatic hydroxyl groups is 1. The summed E-state index contributed by atoms with van der Waals surface area (Å²) < 4.78 is 110. The fourth-order valence-corrected chi connectivity index (χ4v) is 7.14. The Hall–Kier alpha value is -9.77. The summed E-state index contributed by atoms with van der Waals surface area (Å²) in [5, 5.41) is 22.1. The van der Waals surface area contributed by atoms with Crippen molar-refractivity contribution in [1.82, 2.24) is 60.2 Å². The Labute approximate surface area is 466 Å². The lowest BCUT2D eigenvalue weighted by atomic mass is 9.96. The van der Waals surface area contributed by atoms with Gasteiger partial charge in [-0.25, -0.2) is 55.7 Å². The maximum atomic E-state index is 14.9. The van der Waals surface area contributed by atoms with Crippen LogP contribution in [0.3, 0.4) is 0 Å². The van der Waals surface area contributed by atoms with E-state index in [9.17, 15) is 35.8 Å². The zero-order chi connectivity index (χ0) is 60.0. The molecular formula is C59H53F7N12O4. The third kappa shape index (κ3) is 15.7. The van der Waals surface area contributed by atoms with Crippen molar-refractivity contribution in [1.29, 1.82) is 0 Å². The number of hydrogen-bond donors (Lipinski definition) is 1. The Morgan fingerprint density at radius 2 is 1.07 bits per heavy atom. The molecule has 0 aliphatic rings. The number of hydrogen-bond acceptors (Lipinski definition) is 16. The van der Waals surface area contributed by atoms with Crippen LogP contribution in [0.2, 0.25) is 0 Å². The third-order valence-electron chi connectivity index (χ3n) is 11.0. The number of rotatable bonds is 10. The van der Waals surface area contributed by atoms with Crippen LogP contribution in [0.25, 0.3) is 85.4 Å². The maximum absolute atomic E-state index is 14.9. The van der Waals surface area contributed by atoms with Gasteiger partial charge in [0.05, 0.1) is 54.2 Å². The highest BCUT2D eigenvalue weighted by atomic mass is 19.2. The molecular weight excluding hydrogens is 1070 g/mol. The number of ether oxygens (including phenoxy) is 1. The van der Waals surface area contributed by atoms with E-state index in [1.165, 1.54) is 102 Å². The van der Waals surface area contributed by atoms with Crippen LogP contribution in [0.4, 0.5) is 30.7 Å². The molecule has 0 unspecified atom stereocenters. The van der Waals surface area contributed by atoms with Crippen LogP contribution >= 0.6 is 0 Å². The lowest BCUT2D eigenvalue weighted by molar-refractivity contribution is 0.0782. The highest BCUT2D eigenvalue weighted by molar-refractivity contribution is 5.71. The molecule has 0 atom stereocenters. The first kappa shape index (κ1) is 61.4. The van der Waals surface area contributed by atoms with E-state index in [0.717, 1.165) is 24.3 Å². The van der Waals surface area contributed by atoms with E-state index < -0.39 is 40.5 Å². The minimum atomic E-state index is -1.13. The molecule has 1 N–H and O–H groups in total. The molecule has 0 bridgehead atoms. The van der Waals surface area contributed by atoms with Crippen molar-refractivity contribution >= 4 is 5.76 Å². The van der Waals surface area contributed by atoms with E-state index in [4.69, 9.17) is 13.7 Å². The van der Waals surface area contributed by atoms with Crippen molar-refractivity contribution in [3.05, 3.63) is 198 Å². The summed E-state index contributed by atoms with van der Waals surface area (Å²) in [6.07, 6.45) is 8.94. The fourth-order valence-electron chi connectivity index (χ4n) is 7.14. The van der Waals surface area contributed by atoms with Crippen molar-refractivity contribution in [3.8, 4) is 79.7 Å². The smallest absolute Gasteiger partial charge is 0.276 e. The third-order valence-corrected chi connectivity index (χ3v) is 11.0. The largest absolute Gasteiger partial charge is 0.495 e. The molecule has 10 heterocycles. The molecule has 0 aliphatic heterocycles. The van der Waals surface area contributed by atoms with E-state index in [0.29, 0.717) is 45.1 Å². The van der Waals surface area contributed by atoms with Crippen LogP contribution in [0.1, 0.15) is 68.7 Å². The summed E-state index contributed by atoms with van der Waals surface area (Å²) >= 11 is 0. The zero-order valence-corrected chi connectivity index (χ0v) is 46.0. The van der Waals surface area contributed by atoms with Crippen molar-refractivity contribution in [2.75, 3.05) is 7.11 Å². The predicted molar refractivity (Wildman–Crippen MR) is 293 cm³/mol. The number of methoxy groups -OCH3 is 1. The van der Waals surface area contributed by atoms with Crippen LogP contribution in [-0.4, -0.2) is 72.4 Å². The lowest BCUT2D eigenvalue weighted by Gasteiger charge is -2.18. The highest BCUT2D eigenvalue weighted by Crippen LogP contribution is 2.33. The van der Waals surface area contributed by atoms with Crippen LogP contribution in [-0.2, 0) is 10.3 Å². The summed E-state index contributed by atoms with van der Waals surface area (Å²) in [5.74, 6) is -2.63. The normalized spacial score (nSPS) is 10.7. The number of halogens is 7. The molecule has 10 aromatic heterocycles.